The molecule has 0 amide bonds. The highest BCUT2D eigenvalue weighted by atomic mass is 16.4. The Morgan fingerprint density at radius 3 is 1.41 bits per heavy atom. The molecule has 0 aliphatic heterocycles. The van der Waals surface area contributed by atoms with Gasteiger partial charge in [-0.15, -0.1) is 0 Å². The summed E-state index contributed by atoms with van der Waals surface area (Å²) in [5, 5.41) is 60.7. The van der Waals surface area contributed by atoms with E-state index in [4.69, 9.17) is 35.7 Å². The van der Waals surface area contributed by atoms with E-state index in [1.165, 1.54) is 70.6 Å². The van der Waals surface area contributed by atoms with E-state index < -0.39 is 43.6 Å². The van der Waals surface area contributed by atoms with Crippen LogP contribution in [0.15, 0.2) is 12.2 Å². The predicted octanol–water partition coefficient (Wildman–Crippen LogP) is 2.52. The van der Waals surface area contributed by atoms with Gasteiger partial charge in [-0.25, -0.2) is 0 Å². The normalized spacial score (nSPS) is 15.1. The van der Waals surface area contributed by atoms with Crippen molar-refractivity contribution >= 4 is 5.97 Å². The lowest BCUT2D eigenvalue weighted by molar-refractivity contribution is -0.137. The van der Waals surface area contributed by atoms with Crippen LogP contribution in [0, 0.1) is 0 Å². The number of aliphatic carboxylic acids is 1. The molecule has 4 unspecified atom stereocenters. The summed E-state index contributed by atoms with van der Waals surface area (Å²) in [5.41, 5.74) is 0. The van der Waals surface area contributed by atoms with E-state index in [0.29, 0.717) is 6.42 Å². The van der Waals surface area contributed by atoms with Crippen molar-refractivity contribution in [1.82, 2.24) is 0 Å². The molecule has 0 aromatic carbocycles. The number of aliphatic hydroxyl groups excluding tert-OH is 6. The molecular formula is C24H48O8. The molecule has 7 N–H and O–H groups in total. The monoisotopic (exact) mass is 464 g/mol. The number of carbonyl (C=O) groups is 1. The molecule has 0 saturated heterocycles. The average molecular weight is 465 g/mol. The minimum absolute atomic E-state index is 0.332. The molecular weight excluding hydrogens is 416 g/mol. The molecule has 0 aliphatic rings. The van der Waals surface area contributed by atoms with Crippen LogP contribution in [-0.4, -0.2) is 79.3 Å². The van der Waals surface area contributed by atoms with Crippen molar-refractivity contribution in [3.05, 3.63) is 12.2 Å². The molecule has 0 saturated carbocycles. The van der Waals surface area contributed by atoms with Crippen LogP contribution < -0.4 is 0 Å². The fraction of sp³-hybridized carbons (Fsp3) is 0.875. The van der Waals surface area contributed by atoms with Crippen LogP contribution in [0.1, 0.15) is 96.8 Å². The first-order valence-electron chi connectivity index (χ1n) is 12.1. The molecule has 0 aliphatic carbocycles. The molecule has 192 valence electrons. The Balaban J connectivity index is 0. The molecule has 0 aromatic heterocycles. The number of hydrogen-bond donors (Lipinski definition) is 7. The predicted molar refractivity (Wildman–Crippen MR) is 125 cm³/mol. The Morgan fingerprint density at radius 2 is 1.03 bits per heavy atom. The summed E-state index contributed by atoms with van der Waals surface area (Å²) in [4.78, 5) is 10.3. The molecule has 0 heterocycles. The number of unbranched alkanes of at least 4 members (excludes halogenated alkanes) is 11. The summed E-state index contributed by atoms with van der Waals surface area (Å²) in [6, 6.07) is 0. The molecule has 0 aromatic rings. The van der Waals surface area contributed by atoms with Crippen molar-refractivity contribution < 1.29 is 40.5 Å². The quantitative estimate of drug-likeness (QED) is 0.107. The van der Waals surface area contributed by atoms with Gasteiger partial charge in [-0.05, 0) is 32.1 Å². The Kier molecular flexibility index (Phi) is 25.5. The first-order valence-corrected chi connectivity index (χ1v) is 12.1. The average Bonchev–Trinajstić information content (AvgIpc) is 2.79. The summed E-state index contributed by atoms with van der Waals surface area (Å²) in [6.07, 6.45) is 14.8. The first-order chi connectivity index (χ1) is 15.3. The van der Waals surface area contributed by atoms with E-state index in [1.54, 1.807) is 0 Å². The van der Waals surface area contributed by atoms with Gasteiger partial charge in [0, 0.05) is 6.42 Å². The smallest absolute Gasteiger partial charge is 0.303 e. The van der Waals surface area contributed by atoms with E-state index in [9.17, 15) is 4.79 Å². The fourth-order valence-corrected chi connectivity index (χ4v) is 3.02. The van der Waals surface area contributed by atoms with Gasteiger partial charge < -0.3 is 35.7 Å². The summed E-state index contributed by atoms with van der Waals surface area (Å²) >= 11 is 0. The van der Waals surface area contributed by atoms with Gasteiger partial charge in [0.25, 0.3) is 0 Å². The van der Waals surface area contributed by atoms with Crippen LogP contribution in [0.5, 0.6) is 0 Å². The highest BCUT2D eigenvalue weighted by molar-refractivity contribution is 5.66. The second-order valence-corrected chi connectivity index (χ2v) is 8.21. The second kappa shape index (κ2) is 24.6. The topological polar surface area (TPSA) is 159 Å². The maximum Gasteiger partial charge on any atom is 0.303 e. The van der Waals surface area contributed by atoms with E-state index >= 15 is 0 Å². The standard InChI is InChI=1S/C18H34O2.C6H14O6/c1-2-3-4-5-6-7-8-9-10-11-12-13-14-15-16-17-18(19)20;7-1-3(9)5(11)6(12)4(10)2-8/h9-10H,2-8,11-17H2,1H3,(H,19,20);3-12H,1-2H2. The van der Waals surface area contributed by atoms with E-state index in [1.807, 2.05) is 0 Å². The zero-order chi connectivity index (χ0) is 24.6. The van der Waals surface area contributed by atoms with Gasteiger partial charge in [-0.2, -0.15) is 0 Å². The lowest BCUT2D eigenvalue weighted by Crippen LogP contribution is -2.46. The van der Waals surface area contributed by atoms with Gasteiger partial charge >= 0.3 is 5.97 Å². The molecule has 0 spiro atoms. The largest absolute Gasteiger partial charge is 0.481 e. The summed E-state index contributed by atoms with van der Waals surface area (Å²) in [7, 11) is 0. The second-order valence-electron chi connectivity index (χ2n) is 8.21. The van der Waals surface area contributed by atoms with Gasteiger partial charge in [-0.3, -0.25) is 4.79 Å². The number of rotatable bonds is 20. The van der Waals surface area contributed by atoms with Gasteiger partial charge in [0.2, 0.25) is 0 Å². The zero-order valence-corrected chi connectivity index (χ0v) is 19.8. The lowest BCUT2D eigenvalue weighted by atomic mass is 10.0. The number of hydrogen-bond acceptors (Lipinski definition) is 7. The Morgan fingerprint density at radius 1 is 0.656 bits per heavy atom. The van der Waals surface area contributed by atoms with E-state index in [-0.39, 0.29) is 0 Å². The van der Waals surface area contributed by atoms with Crippen LogP contribution in [0.2, 0.25) is 0 Å². The van der Waals surface area contributed by atoms with Crippen LogP contribution in [-0.2, 0) is 4.79 Å². The maximum absolute atomic E-state index is 10.3. The summed E-state index contributed by atoms with van der Waals surface area (Å²) in [6.45, 7) is 0.807. The summed E-state index contributed by atoms with van der Waals surface area (Å²) in [5.74, 6) is -0.664. The third kappa shape index (κ3) is 22.2. The SMILES string of the molecule is CCCCCCCCC=CCCCCCCCC(=O)O.OCC(O)C(O)C(O)C(O)CO. The minimum atomic E-state index is -1.67. The van der Waals surface area contributed by atoms with Gasteiger partial charge in [-0.1, -0.05) is 70.4 Å². The highest BCUT2D eigenvalue weighted by Crippen LogP contribution is 2.10. The third-order valence-corrected chi connectivity index (χ3v) is 5.16. The van der Waals surface area contributed by atoms with Crippen LogP contribution in [0.25, 0.3) is 0 Å². The number of allylic oxidation sites excluding steroid dienone is 2. The molecule has 0 bridgehead atoms. The van der Waals surface area contributed by atoms with Crippen molar-refractivity contribution in [2.24, 2.45) is 0 Å². The maximum atomic E-state index is 10.3. The van der Waals surface area contributed by atoms with Gasteiger partial charge in [0.05, 0.1) is 13.2 Å². The molecule has 0 rings (SSSR count). The molecule has 8 nitrogen and oxygen atoms in total. The van der Waals surface area contributed by atoms with Gasteiger partial charge in [0.15, 0.2) is 0 Å². The molecule has 32 heavy (non-hydrogen) atoms. The van der Waals surface area contributed by atoms with Crippen molar-refractivity contribution in [3.63, 3.8) is 0 Å². The zero-order valence-electron chi connectivity index (χ0n) is 19.8. The molecule has 0 fully saturated rings. The minimum Gasteiger partial charge on any atom is -0.481 e. The Labute approximate surface area is 193 Å². The third-order valence-electron chi connectivity index (χ3n) is 5.16. The van der Waals surface area contributed by atoms with E-state index in [0.717, 1.165) is 12.8 Å². The first kappa shape index (κ1) is 33.1. The van der Waals surface area contributed by atoms with Crippen molar-refractivity contribution in [3.8, 4) is 0 Å². The number of aliphatic hydroxyl groups is 6. The van der Waals surface area contributed by atoms with Crippen LogP contribution in [0.3, 0.4) is 0 Å². The number of carboxylic acid groups (broad SMARTS) is 1. The van der Waals surface area contributed by atoms with E-state index in [2.05, 4.69) is 19.1 Å². The molecule has 8 heteroatoms. The number of carboxylic acids is 1. The molecule has 4 atom stereocenters. The molecule has 0 radical (unpaired) electrons. The van der Waals surface area contributed by atoms with Crippen molar-refractivity contribution in [1.29, 1.82) is 0 Å². The van der Waals surface area contributed by atoms with Crippen LogP contribution >= 0.6 is 0 Å². The van der Waals surface area contributed by atoms with Crippen molar-refractivity contribution in [2.75, 3.05) is 13.2 Å². The summed E-state index contributed by atoms with van der Waals surface area (Å²) < 4.78 is 0. The Hall–Kier alpha value is -1.03. The van der Waals surface area contributed by atoms with Crippen LogP contribution in [0.4, 0.5) is 0 Å². The lowest BCUT2D eigenvalue weighted by Gasteiger charge is -2.24. The fourth-order valence-electron chi connectivity index (χ4n) is 3.02. The van der Waals surface area contributed by atoms with Gasteiger partial charge in [0.1, 0.15) is 24.4 Å². The Bertz CT molecular complexity index is 416. The van der Waals surface area contributed by atoms with Crippen molar-refractivity contribution in [2.45, 2.75) is 121 Å². The highest BCUT2D eigenvalue weighted by Gasteiger charge is 2.29.